The van der Waals surface area contributed by atoms with Gasteiger partial charge in [-0.05, 0) is 38.0 Å². The summed E-state index contributed by atoms with van der Waals surface area (Å²) in [5, 5.41) is 4.03. The topological polar surface area (TPSA) is 41.6 Å². The summed E-state index contributed by atoms with van der Waals surface area (Å²) in [6.07, 6.45) is 0.994. The number of carbonyl (C=O) groups excluding carboxylic acids is 1. The molecular formula is C16H22Cl2N2O2. The normalized spacial score (nSPS) is 18.7. The minimum Gasteiger partial charge on any atom is -0.488 e. The SMILES string of the molecule is CC(=O)N[C@@H]1CCN(Cc2cc(Cl)c(OC(C)C)c(Cl)c2)C1. The van der Waals surface area contributed by atoms with Gasteiger partial charge in [0.05, 0.1) is 16.1 Å². The molecule has 1 heterocycles. The third kappa shape index (κ3) is 4.77. The number of rotatable bonds is 5. The number of nitrogens with zero attached hydrogens (tertiary/aromatic N) is 1. The van der Waals surface area contributed by atoms with Crippen LogP contribution in [0.3, 0.4) is 0 Å². The Kier molecular flexibility index (Phi) is 5.95. The molecular weight excluding hydrogens is 323 g/mol. The van der Waals surface area contributed by atoms with Gasteiger partial charge in [-0.25, -0.2) is 0 Å². The van der Waals surface area contributed by atoms with Crippen LogP contribution in [0.2, 0.25) is 10.0 Å². The van der Waals surface area contributed by atoms with E-state index in [0.29, 0.717) is 15.8 Å². The van der Waals surface area contributed by atoms with Gasteiger partial charge in [-0.1, -0.05) is 23.2 Å². The molecule has 22 heavy (non-hydrogen) atoms. The van der Waals surface area contributed by atoms with Crippen molar-refractivity contribution in [2.24, 2.45) is 0 Å². The van der Waals surface area contributed by atoms with Gasteiger partial charge >= 0.3 is 0 Å². The first kappa shape index (κ1) is 17.4. The monoisotopic (exact) mass is 344 g/mol. The van der Waals surface area contributed by atoms with Crippen LogP contribution in [0.1, 0.15) is 32.8 Å². The number of nitrogens with one attached hydrogen (secondary N) is 1. The summed E-state index contributed by atoms with van der Waals surface area (Å²) in [6, 6.07) is 4.03. The van der Waals surface area contributed by atoms with E-state index in [4.69, 9.17) is 27.9 Å². The molecule has 0 aromatic heterocycles. The highest BCUT2D eigenvalue weighted by Crippen LogP contribution is 2.35. The molecule has 2 rings (SSSR count). The summed E-state index contributed by atoms with van der Waals surface area (Å²) in [5.74, 6) is 0.563. The van der Waals surface area contributed by atoms with Gasteiger partial charge in [0.1, 0.15) is 0 Å². The zero-order valence-corrected chi connectivity index (χ0v) is 14.7. The molecule has 1 fully saturated rings. The van der Waals surface area contributed by atoms with E-state index in [0.717, 1.165) is 31.6 Å². The van der Waals surface area contributed by atoms with Crippen LogP contribution in [0, 0.1) is 0 Å². The van der Waals surface area contributed by atoms with Crippen molar-refractivity contribution in [3.05, 3.63) is 27.7 Å². The van der Waals surface area contributed by atoms with E-state index < -0.39 is 0 Å². The van der Waals surface area contributed by atoms with Crippen molar-refractivity contribution in [2.45, 2.75) is 45.9 Å². The molecule has 0 radical (unpaired) electrons. The summed E-state index contributed by atoms with van der Waals surface area (Å²) >= 11 is 12.6. The molecule has 0 aliphatic carbocycles. The van der Waals surface area contributed by atoms with Crippen molar-refractivity contribution in [1.82, 2.24) is 10.2 Å². The molecule has 1 N–H and O–H groups in total. The van der Waals surface area contributed by atoms with Crippen molar-refractivity contribution in [3.63, 3.8) is 0 Å². The molecule has 1 aromatic rings. The molecule has 1 amide bonds. The third-order valence-corrected chi connectivity index (χ3v) is 4.06. The predicted molar refractivity (Wildman–Crippen MR) is 89.7 cm³/mol. The lowest BCUT2D eigenvalue weighted by Crippen LogP contribution is -2.35. The van der Waals surface area contributed by atoms with E-state index >= 15 is 0 Å². The number of halogens is 2. The van der Waals surface area contributed by atoms with Crippen molar-refractivity contribution in [2.75, 3.05) is 13.1 Å². The van der Waals surface area contributed by atoms with Crippen LogP contribution in [0.4, 0.5) is 0 Å². The molecule has 0 unspecified atom stereocenters. The fourth-order valence-corrected chi connectivity index (χ4v) is 3.31. The number of likely N-dealkylation sites (tertiary alicyclic amines) is 1. The second kappa shape index (κ2) is 7.53. The Balaban J connectivity index is 2.01. The minimum absolute atomic E-state index is 0.0214. The predicted octanol–water partition coefficient (Wildman–Crippen LogP) is 3.49. The highest BCUT2D eigenvalue weighted by molar-refractivity contribution is 6.37. The van der Waals surface area contributed by atoms with E-state index in [1.54, 1.807) is 6.92 Å². The average Bonchev–Trinajstić information content (AvgIpc) is 2.80. The summed E-state index contributed by atoms with van der Waals surface area (Å²) in [4.78, 5) is 13.4. The van der Waals surface area contributed by atoms with Crippen molar-refractivity contribution >= 4 is 29.1 Å². The molecule has 122 valence electrons. The van der Waals surface area contributed by atoms with E-state index in [2.05, 4.69) is 10.2 Å². The molecule has 6 heteroatoms. The highest BCUT2D eigenvalue weighted by Gasteiger charge is 2.23. The summed E-state index contributed by atoms with van der Waals surface area (Å²) in [7, 11) is 0. The van der Waals surface area contributed by atoms with Gasteiger partial charge in [-0.2, -0.15) is 0 Å². The number of carbonyl (C=O) groups is 1. The number of ether oxygens (including phenoxy) is 1. The maximum Gasteiger partial charge on any atom is 0.217 e. The number of amides is 1. The Morgan fingerprint density at radius 1 is 1.41 bits per heavy atom. The van der Waals surface area contributed by atoms with Gasteiger partial charge in [0.25, 0.3) is 0 Å². The first-order valence-corrected chi connectivity index (χ1v) is 8.24. The molecule has 4 nitrogen and oxygen atoms in total. The molecule has 0 spiro atoms. The van der Waals surface area contributed by atoms with Crippen LogP contribution >= 0.6 is 23.2 Å². The Morgan fingerprint density at radius 3 is 2.59 bits per heavy atom. The van der Waals surface area contributed by atoms with Crippen LogP contribution in [0.5, 0.6) is 5.75 Å². The molecule has 1 atom stereocenters. The number of benzene rings is 1. The molecule has 0 bridgehead atoms. The second-order valence-electron chi connectivity index (χ2n) is 5.98. The van der Waals surface area contributed by atoms with Crippen LogP contribution in [-0.2, 0) is 11.3 Å². The Bertz CT molecular complexity index is 526. The van der Waals surface area contributed by atoms with Gasteiger partial charge in [0.15, 0.2) is 5.75 Å². The van der Waals surface area contributed by atoms with Crippen molar-refractivity contribution in [1.29, 1.82) is 0 Å². The van der Waals surface area contributed by atoms with Crippen molar-refractivity contribution < 1.29 is 9.53 Å². The largest absolute Gasteiger partial charge is 0.488 e. The van der Waals surface area contributed by atoms with Crippen LogP contribution in [0.25, 0.3) is 0 Å². The van der Waals surface area contributed by atoms with E-state index in [-0.39, 0.29) is 18.1 Å². The molecule has 1 saturated heterocycles. The summed E-state index contributed by atoms with van der Waals surface area (Å²) in [6.45, 7) is 7.98. The van der Waals surface area contributed by atoms with E-state index in [1.807, 2.05) is 26.0 Å². The molecule has 0 saturated carbocycles. The number of hydrogen-bond donors (Lipinski definition) is 1. The summed E-state index contributed by atoms with van der Waals surface area (Å²) in [5.41, 5.74) is 1.05. The van der Waals surface area contributed by atoms with Gasteiger partial charge in [-0.15, -0.1) is 0 Å². The van der Waals surface area contributed by atoms with Gasteiger partial charge in [-0.3, -0.25) is 9.69 Å². The lowest BCUT2D eigenvalue weighted by molar-refractivity contribution is -0.119. The maximum absolute atomic E-state index is 11.1. The first-order chi connectivity index (χ1) is 10.3. The van der Waals surface area contributed by atoms with E-state index in [9.17, 15) is 4.79 Å². The van der Waals surface area contributed by atoms with Gasteiger partial charge < -0.3 is 10.1 Å². The molecule has 1 aliphatic rings. The Morgan fingerprint density at radius 2 is 2.05 bits per heavy atom. The van der Waals surface area contributed by atoms with E-state index in [1.165, 1.54) is 0 Å². The maximum atomic E-state index is 11.1. The van der Waals surface area contributed by atoms with Crippen molar-refractivity contribution in [3.8, 4) is 5.75 Å². The molecule has 1 aliphatic heterocycles. The lowest BCUT2D eigenvalue weighted by Gasteiger charge is -2.18. The standard InChI is InChI=1S/C16H22Cl2N2O2/c1-10(2)22-16-14(17)6-12(7-15(16)18)8-20-5-4-13(9-20)19-11(3)21/h6-7,10,13H,4-5,8-9H2,1-3H3,(H,19,21)/t13-/m1/s1. The average molecular weight is 345 g/mol. The summed E-state index contributed by atoms with van der Waals surface area (Å²) < 4.78 is 5.64. The quantitative estimate of drug-likeness (QED) is 0.888. The van der Waals surface area contributed by atoms with Gasteiger partial charge in [0, 0.05) is 32.6 Å². The zero-order valence-electron chi connectivity index (χ0n) is 13.2. The van der Waals surface area contributed by atoms with Gasteiger partial charge in [0.2, 0.25) is 5.91 Å². The lowest BCUT2D eigenvalue weighted by atomic mass is 10.2. The third-order valence-electron chi connectivity index (χ3n) is 3.50. The van der Waals surface area contributed by atoms with Crippen LogP contribution in [0.15, 0.2) is 12.1 Å². The minimum atomic E-state index is 0.0214. The molecule has 1 aromatic carbocycles. The smallest absolute Gasteiger partial charge is 0.217 e. The Labute approximate surface area is 141 Å². The highest BCUT2D eigenvalue weighted by atomic mass is 35.5. The Hall–Kier alpha value is -0.970. The van der Waals surface area contributed by atoms with Crippen LogP contribution < -0.4 is 10.1 Å². The fraction of sp³-hybridized carbons (Fsp3) is 0.562. The van der Waals surface area contributed by atoms with Crippen LogP contribution in [-0.4, -0.2) is 36.0 Å². The zero-order chi connectivity index (χ0) is 16.3. The number of hydrogen-bond acceptors (Lipinski definition) is 3. The first-order valence-electron chi connectivity index (χ1n) is 7.49. The second-order valence-corrected chi connectivity index (χ2v) is 6.79. The fourth-order valence-electron chi connectivity index (χ4n) is 2.69.